The highest BCUT2D eigenvalue weighted by Gasteiger charge is 2.70. The van der Waals surface area contributed by atoms with E-state index in [-0.39, 0.29) is 53.5 Å². The number of carbonyl (C=O) groups is 4. The molecule has 2 saturated carbocycles. The van der Waals surface area contributed by atoms with Crippen LogP contribution in [0.4, 0.5) is 0 Å². The largest absolute Gasteiger partial charge is 0.357 e. The van der Waals surface area contributed by atoms with E-state index in [4.69, 9.17) is 0 Å². The molecule has 4 aliphatic heterocycles. The molecule has 2 aromatic rings. The number of rotatable bonds is 7. The van der Waals surface area contributed by atoms with Gasteiger partial charge in [0.2, 0.25) is 17.7 Å². The quantitative estimate of drug-likeness (QED) is 0.429. The van der Waals surface area contributed by atoms with Crippen LogP contribution >= 0.6 is 0 Å². The molecule has 11 heteroatoms. The van der Waals surface area contributed by atoms with Crippen molar-refractivity contribution in [2.75, 3.05) is 39.8 Å². The highest BCUT2D eigenvalue weighted by Crippen LogP contribution is 2.62. The Morgan fingerprint density at radius 1 is 1.04 bits per heavy atom. The molecular formula is C35H47N7O4. The van der Waals surface area contributed by atoms with E-state index in [1.165, 1.54) is 19.3 Å². The van der Waals surface area contributed by atoms with Crippen molar-refractivity contribution < 1.29 is 19.2 Å². The first-order valence-electron chi connectivity index (χ1n) is 17.0. The molecule has 5 atom stereocenters. The third-order valence-corrected chi connectivity index (χ3v) is 11.8. The van der Waals surface area contributed by atoms with Crippen LogP contribution in [-0.4, -0.2) is 95.1 Å². The van der Waals surface area contributed by atoms with Crippen molar-refractivity contribution in [3.8, 4) is 0 Å². The third kappa shape index (κ3) is 5.40. The maximum absolute atomic E-state index is 14.2. The van der Waals surface area contributed by atoms with Gasteiger partial charge in [0.25, 0.3) is 5.91 Å². The minimum absolute atomic E-state index is 0.0776. The fourth-order valence-corrected chi connectivity index (χ4v) is 9.08. The maximum Gasteiger partial charge on any atom is 0.257 e. The molecule has 4 amide bonds. The predicted molar refractivity (Wildman–Crippen MR) is 171 cm³/mol. The van der Waals surface area contributed by atoms with Gasteiger partial charge in [0, 0.05) is 56.8 Å². The van der Waals surface area contributed by atoms with Gasteiger partial charge in [-0.15, -0.1) is 0 Å². The highest BCUT2D eigenvalue weighted by molar-refractivity contribution is 5.96. The van der Waals surface area contributed by atoms with E-state index in [0.29, 0.717) is 37.7 Å². The molecule has 8 rings (SSSR count). The van der Waals surface area contributed by atoms with Crippen molar-refractivity contribution in [2.45, 2.75) is 64.6 Å². The number of likely N-dealkylation sites (tertiary alicyclic amines) is 1. The number of nitrogens with zero attached hydrogens (tertiary/aromatic N) is 4. The Bertz CT molecular complexity index is 1490. The molecule has 1 aromatic carbocycles. The van der Waals surface area contributed by atoms with E-state index >= 15 is 0 Å². The van der Waals surface area contributed by atoms with E-state index in [1.807, 2.05) is 35.2 Å². The van der Waals surface area contributed by atoms with E-state index in [2.05, 4.69) is 34.9 Å². The van der Waals surface area contributed by atoms with Gasteiger partial charge in [-0.3, -0.25) is 23.9 Å². The molecule has 6 aliphatic rings. The summed E-state index contributed by atoms with van der Waals surface area (Å²) in [5.74, 6) is -0.887. The summed E-state index contributed by atoms with van der Waals surface area (Å²) in [5, 5.41) is 14.1. The van der Waals surface area contributed by atoms with Gasteiger partial charge in [0.1, 0.15) is 6.04 Å². The fraction of sp³-hybridized carbons (Fsp3) is 0.629. The summed E-state index contributed by atoms with van der Waals surface area (Å²) in [6.07, 6.45) is 9.33. The zero-order valence-corrected chi connectivity index (χ0v) is 27.2. The SMILES string of the molecule is CNC(=O)[C@H]1NC(=O)[C@@H]2CN(C(=O)c3cnn(Cc4ccccc4)c3)CC23CN(C3)C(=O)[C@H]2C([C@H]1NCC1CCCCC1)C2(C)C. The van der Waals surface area contributed by atoms with Crippen molar-refractivity contribution in [1.29, 1.82) is 0 Å². The van der Waals surface area contributed by atoms with Gasteiger partial charge in [0.05, 0.1) is 24.2 Å². The molecule has 246 valence electrons. The van der Waals surface area contributed by atoms with Crippen LogP contribution in [0.15, 0.2) is 42.7 Å². The summed E-state index contributed by atoms with van der Waals surface area (Å²) in [6.45, 7) is 7.01. The standard InChI is InChI=1S/C35H47N7O4/c1-34(2)26-27(34)33(46)41-20-35(21-41)19-40(32(45)24-15-38-42(17-24)16-23-12-8-5-9-13-23)18-25(35)30(43)39-29(31(44)36-3)28(26)37-14-22-10-6-4-7-11-22/h5,8-9,12-13,15,17,22,25-29,37H,4,6-7,10-11,14,16,18-21H2,1-3H3,(H,36,44)(H,39,43)/t25-,26?,27+,28+,29-/m0/s1. The Kier molecular flexibility index (Phi) is 7.93. The molecule has 6 fully saturated rings. The lowest BCUT2D eigenvalue weighted by Gasteiger charge is -2.50. The minimum atomic E-state index is -0.827. The van der Waals surface area contributed by atoms with Crippen molar-refractivity contribution in [1.82, 2.24) is 35.5 Å². The molecule has 0 radical (unpaired) electrons. The molecule has 5 heterocycles. The smallest absolute Gasteiger partial charge is 0.257 e. The van der Waals surface area contributed by atoms with E-state index in [0.717, 1.165) is 24.9 Å². The Labute approximate surface area is 270 Å². The van der Waals surface area contributed by atoms with Crippen LogP contribution < -0.4 is 16.0 Å². The highest BCUT2D eigenvalue weighted by atomic mass is 16.2. The number of aromatic nitrogens is 2. The zero-order chi connectivity index (χ0) is 32.2. The van der Waals surface area contributed by atoms with Crippen LogP contribution in [-0.2, 0) is 20.9 Å². The first-order chi connectivity index (χ1) is 22.1. The van der Waals surface area contributed by atoms with Crippen LogP contribution in [0.25, 0.3) is 0 Å². The third-order valence-electron chi connectivity index (χ3n) is 11.8. The first-order valence-corrected chi connectivity index (χ1v) is 17.0. The van der Waals surface area contributed by atoms with Crippen LogP contribution in [0.1, 0.15) is 61.9 Å². The van der Waals surface area contributed by atoms with Gasteiger partial charge in [-0.25, -0.2) is 0 Å². The number of hydrogen-bond donors (Lipinski definition) is 3. The summed E-state index contributed by atoms with van der Waals surface area (Å²) in [7, 11) is 1.59. The van der Waals surface area contributed by atoms with Crippen LogP contribution in [0.5, 0.6) is 0 Å². The molecule has 46 heavy (non-hydrogen) atoms. The second kappa shape index (κ2) is 11.8. The van der Waals surface area contributed by atoms with Gasteiger partial charge in [0.15, 0.2) is 0 Å². The summed E-state index contributed by atoms with van der Waals surface area (Å²) < 4.78 is 1.75. The molecular weight excluding hydrogens is 582 g/mol. The number of amides is 4. The molecule has 2 aliphatic carbocycles. The molecule has 1 aromatic heterocycles. The Balaban J connectivity index is 1.13. The van der Waals surface area contributed by atoms with Crippen LogP contribution in [0.3, 0.4) is 0 Å². The van der Waals surface area contributed by atoms with Gasteiger partial charge < -0.3 is 25.8 Å². The number of carbonyl (C=O) groups excluding carboxylic acids is 4. The normalized spacial score (nSPS) is 29.9. The van der Waals surface area contributed by atoms with Crippen molar-refractivity contribution >= 4 is 23.6 Å². The van der Waals surface area contributed by atoms with Gasteiger partial charge >= 0.3 is 0 Å². The maximum atomic E-state index is 14.2. The van der Waals surface area contributed by atoms with Gasteiger partial charge in [-0.1, -0.05) is 63.4 Å². The summed E-state index contributed by atoms with van der Waals surface area (Å²) in [5.41, 5.74) is 0.697. The second-order valence-corrected chi connectivity index (χ2v) is 15.1. The number of fused-ring (bicyclic) bond motifs is 3. The molecule has 3 N–H and O–H groups in total. The monoisotopic (exact) mass is 629 g/mol. The number of hydrogen-bond acceptors (Lipinski definition) is 6. The number of benzene rings is 1. The fourth-order valence-electron chi connectivity index (χ4n) is 9.08. The summed E-state index contributed by atoms with van der Waals surface area (Å²) >= 11 is 0. The lowest BCUT2D eigenvalue weighted by Crippen LogP contribution is -2.65. The van der Waals surface area contributed by atoms with Crippen molar-refractivity contribution in [2.24, 2.45) is 34.5 Å². The molecule has 1 unspecified atom stereocenters. The number of nitrogens with one attached hydrogen (secondary N) is 3. The van der Waals surface area contributed by atoms with Gasteiger partial charge in [-0.05, 0) is 42.2 Å². The summed E-state index contributed by atoms with van der Waals surface area (Å²) in [4.78, 5) is 59.2. The van der Waals surface area contributed by atoms with Crippen LogP contribution in [0.2, 0.25) is 0 Å². The average molecular weight is 630 g/mol. The lowest BCUT2D eigenvalue weighted by atomic mass is 9.71. The second-order valence-electron chi connectivity index (χ2n) is 15.1. The topological polar surface area (TPSA) is 129 Å². The molecule has 2 bridgehead atoms. The molecule has 4 saturated heterocycles. The lowest BCUT2D eigenvalue weighted by molar-refractivity contribution is -0.151. The number of likely N-dealkylation sites (N-methyl/N-ethyl adjacent to an activating group) is 1. The Hall–Kier alpha value is -3.73. The first kappa shape index (κ1) is 30.9. The Morgan fingerprint density at radius 3 is 2.50 bits per heavy atom. The minimum Gasteiger partial charge on any atom is -0.357 e. The van der Waals surface area contributed by atoms with Crippen molar-refractivity contribution in [3.05, 3.63) is 53.9 Å². The van der Waals surface area contributed by atoms with Crippen molar-refractivity contribution in [3.63, 3.8) is 0 Å². The van der Waals surface area contributed by atoms with Crippen LogP contribution in [0, 0.1) is 34.5 Å². The average Bonchev–Trinajstić information content (AvgIpc) is 3.37. The Morgan fingerprint density at radius 2 is 1.78 bits per heavy atom. The molecule has 11 nitrogen and oxygen atoms in total. The summed E-state index contributed by atoms with van der Waals surface area (Å²) in [6, 6.07) is 8.73. The molecule has 1 spiro atoms. The van der Waals surface area contributed by atoms with E-state index in [1.54, 1.807) is 29.0 Å². The van der Waals surface area contributed by atoms with E-state index in [9.17, 15) is 19.2 Å². The zero-order valence-electron chi connectivity index (χ0n) is 27.2. The van der Waals surface area contributed by atoms with E-state index < -0.39 is 17.4 Å². The van der Waals surface area contributed by atoms with Gasteiger partial charge in [-0.2, -0.15) is 5.10 Å². The predicted octanol–water partition coefficient (Wildman–Crippen LogP) is 1.89.